The van der Waals surface area contributed by atoms with Crippen LogP contribution in [0.3, 0.4) is 0 Å². The summed E-state index contributed by atoms with van der Waals surface area (Å²) < 4.78 is 39.4. The van der Waals surface area contributed by atoms with E-state index in [2.05, 4.69) is 5.32 Å². The number of rotatable bonds is 7. The maximum absolute atomic E-state index is 13.1. The molecule has 3 N–H and O–H groups in total. The lowest BCUT2D eigenvalue weighted by Gasteiger charge is -2.40. The molecule has 1 aromatic rings. The quantitative estimate of drug-likeness (QED) is 0.471. The highest BCUT2D eigenvalue weighted by Gasteiger charge is 2.40. The Hall–Kier alpha value is -0.820. The molecule has 1 aliphatic carbocycles. The van der Waals surface area contributed by atoms with Gasteiger partial charge in [0.15, 0.2) is 0 Å². The molecule has 1 aromatic carbocycles. The van der Waals surface area contributed by atoms with Crippen molar-refractivity contribution in [3.05, 3.63) is 35.4 Å². The molecule has 0 saturated heterocycles. The summed E-state index contributed by atoms with van der Waals surface area (Å²) in [6.07, 6.45) is 0.297. The third-order valence-corrected chi connectivity index (χ3v) is 5.48. The van der Waals surface area contributed by atoms with Crippen LogP contribution in [-0.4, -0.2) is 29.5 Å². The van der Waals surface area contributed by atoms with Gasteiger partial charge in [-0.1, -0.05) is 37.5 Å². The van der Waals surface area contributed by atoms with E-state index in [4.69, 9.17) is 5.41 Å². The first-order valence-electron chi connectivity index (χ1n) is 9.29. The standard InChI is InChI=1S/C20H29F3N2O.2ClH/c1-14(25-2)11-17(24)13-18(19(26)9-4-3-5-10-19)15-7-6-8-16(12-15)20(21,22)23;;/h6-8,12,14,18,24-26H,3-5,9-11,13H2,1-2H3;2*1H/t14-,18?;;/m0../s1. The zero-order valence-electron chi connectivity index (χ0n) is 16.3. The minimum atomic E-state index is -4.41. The predicted octanol–water partition coefficient (Wildman–Crippen LogP) is 5.74. The van der Waals surface area contributed by atoms with Crippen molar-refractivity contribution in [2.45, 2.75) is 75.6 Å². The van der Waals surface area contributed by atoms with Crippen LogP contribution < -0.4 is 5.32 Å². The third kappa shape index (κ3) is 7.21. The Morgan fingerprint density at radius 3 is 2.32 bits per heavy atom. The zero-order valence-corrected chi connectivity index (χ0v) is 17.9. The predicted molar refractivity (Wildman–Crippen MR) is 112 cm³/mol. The Labute approximate surface area is 177 Å². The van der Waals surface area contributed by atoms with E-state index < -0.39 is 23.3 Å². The topological polar surface area (TPSA) is 56.1 Å². The molecule has 3 nitrogen and oxygen atoms in total. The smallest absolute Gasteiger partial charge is 0.389 e. The molecule has 0 spiro atoms. The average molecular weight is 443 g/mol. The van der Waals surface area contributed by atoms with Crippen molar-refractivity contribution in [1.29, 1.82) is 5.41 Å². The summed E-state index contributed by atoms with van der Waals surface area (Å²) in [4.78, 5) is 0. The molecule has 2 atom stereocenters. The van der Waals surface area contributed by atoms with Gasteiger partial charge in [-0.25, -0.2) is 0 Å². The van der Waals surface area contributed by atoms with Crippen molar-refractivity contribution in [3.63, 3.8) is 0 Å². The molecule has 0 heterocycles. The molecule has 2 rings (SSSR count). The first-order chi connectivity index (χ1) is 12.2. The maximum atomic E-state index is 13.1. The van der Waals surface area contributed by atoms with Gasteiger partial charge in [0.1, 0.15) is 0 Å². The van der Waals surface area contributed by atoms with E-state index in [0.717, 1.165) is 31.4 Å². The fourth-order valence-corrected chi connectivity index (χ4v) is 3.86. The highest BCUT2D eigenvalue weighted by Crippen LogP contribution is 2.43. The van der Waals surface area contributed by atoms with Crippen LogP contribution in [0.4, 0.5) is 13.2 Å². The van der Waals surface area contributed by atoms with Gasteiger partial charge in [0.2, 0.25) is 0 Å². The van der Waals surface area contributed by atoms with Crippen molar-refractivity contribution >= 4 is 30.5 Å². The Morgan fingerprint density at radius 2 is 1.79 bits per heavy atom. The van der Waals surface area contributed by atoms with Gasteiger partial charge < -0.3 is 15.8 Å². The number of hydrogen-bond donors (Lipinski definition) is 3. The highest BCUT2D eigenvalue weighted by molar-refractivity contribution is 5.85. The zero-order chi connectivity index (χ0) is 19.4. The lowest BCUT2D eigenvalue weighted by atomic mass is 9.70. The van der Waals surface area contributed by atoms with Crippen LogP contribution in [0.5, 0.6) is 0 Å². The van der Waals surface area contributed by atoms with Gasteiger partial charge in [-0.3, -0.25) is 0 Å². The first-order valence-corrected chi connectivity index (χ1v) is 9.29. The largest absolute Gasteiger partial charge is 0.416 e. The second kappa shape index (κ2) is 11.4. The Bertz CT molecular complexity index is 620. The molecule has 162 valence electrons. The average Bonchev–Trinajstić information content (AvgIpc) is 2.59. The minimum absolute atomic E-state index is 0. The van der Waals surface area contributed by atoms with E-state index in [-0.39, 0.29) is 37.3 Å². The second-order valence-corrected chi connectivity index (χ2v) is 7.54. The number of alkyl halides is 3. The summed E-state index contributed by atoms with van der Waals surface area (Å²) >= 11 is 0. The van der Waals surface area contributed by atoms with Crippen molar-refractivity contribution in [1.82, 2.24) is 5.32 Å². The Morgan fingerprint density at radius 1 is 1.18 bits per heavy atom. The second-order valence-electron chi connectivity index (χ2n) is 7.54. The molecule has 8 heteroatoms. The SMILES string of the molecule is CN[C@@H](C)CC(=N)CC(c1cccc(C(F)(F)F)c1)C1(O)CCCCC1.Cl.Cl. The Balaban J connectivity index is 0.00000364. The fraction of sp³-hybridized carbons (Fsp3) is 0.650. The van der Waals surface area contributed by atoms with Gasteiger partial charge in [0, 0.05) is 24.1 Å². The highest BCUT2D eigenvalue weighted by atomic mass is 35.5. The molecule has 1 aliphatic rings. The molecule has 0 amide bonds. The van der Waals surface area contributed by atoms with Crippen LogP contribution in [0.15, 0.2) is 24.3 Å². The summed E-state index contributed by atoms with van der Waals surface area (Å²) in [5.74, 6) is -0.485. The molecule has 1 fully saturated rings. The molecule has 0 radical (unpaired) electrons. The van der Waals surface area contributed by atoms with Crippen LogP contribution >= 0.6 is 24.8 Å². The molecule has 28 heavy (non-hydrogen) atoms. The van der Waals surface area contributed by atoms with Gasteiger partial charge in [-0.15, -0.1) is 24.8 Å². The van der Waals surface area contributed by atoms with Crippen LogP contribution in [0.1, 0.15) is 68.9 Å². The first kappa shape index (κ1) is 27.2. The Kier molecular flexibility index (Phi) is 11.1. The normalized spacial score (nSPS) is 18.4. The van der Waals surface area contributed by atoms with Crippen molar-refractivity contribution < 1.29 is 18.3 Å². The van der Waals surface area contributed by atoms with E-state index in [1.165, 1.54) is 6.07 Å². The molecule has 0 aromatic heterocycles. The summed E-state index contributed by atoms with van der Waals surface area (Å²) in [6.45, 7) is 1.96. The summed E-state index contributed by atoms with van der Waals surface area (Å²) in [7, 11) is 1.82. The summed E-state index contributed by atoms with van der Waals surface area (Å²) in [6, 6.07) is 5.37. The monoisotopic (exact) mass is 442 g/mol. The van der Waals surface area contributed by atoms with Gasteiger partial charge in [0.05, 0.1) is 11.2 Å². The van der Waals surface area contributed by atoms with Crippen molar-refractivity contribution in [2.24, 2.45) is 0 Å². The number of nitrogens with one attached hydrogen (secondary N) is 2. The van der Waals surface area contributed by atoms with E-state index >= 15 is 0 Å². The molecule has 0 bridgehead atoms. The van der Waals surface area contributed by atoms with Gasteiger partial charge in [-0.2, -0.15) is 13.2 Å². The van der Waals surface area contributed by atoms with Crippen LogP contribution in [0, 0.1) is 5.41 Å². The number of halogens is 5. The van der Waals surface area contributed by atoms with Crippen molar-refractivity contribution in [3.8, 4) is 0 Å². The van der Waals surface area contributed by atoms with Gasteiger partial charge >= 0.3 is 6.18 Å². The third-order valence-electron chi connectivity index (χ3n) is 5.48. The molecule has 0 aliphatic heterocycles. The maximum Gasteiger partial charge on any atom is 0.416 e. The van der Waals surface area contributed by atoms with Crippen LogP contribution in [0.25, 0.3) is 0 Å². The lowest BCUT2D eigenvalue weighted by molar-refractivity contribution is -0.137. The van der Waals surface area contributed by atoms with Gasteiger partial charge in [0.25, 0.3) is 0 Å². The molecular formula is C20H31Cl2F3N2O. The molecule has 1 saturated carbocycles. The number of hydrogen-bond acceptors (Lipinski definition) is 3. The fourth-order valence-electron chi connectivity index (χ4n) is 3.86. The number of aliphatic hydroxyl groups is 1. The van der Waals surface area contributed by atoms with E-state index in [9.17, 15) is 18.3 Å². The van der Waals surface area contributed by atoms with E-state index in [0.29, 0.717) is 30.5 Å². The number of benzene rings is 1. The summed E-state index contributed by atoms with van der Waals surface area (Å²) in [5, 5.41) is 22.6. The molecule has 1 unspecified atom stereocenters. The van der Waals surface area contributed by atoms with Crippen LogP contribution in [0.2, 0.25) is 0 Å². The van der Waals surface area contributed by atoms with E-state index in [1.807, 2.05) is 14.0 Å². The summed E-state index contributed by atoms with van der Waals surface area (Å²) in [5.41, 5.74) is -0.814. The lowest BCUT2D eigenvalue weighted by Crippen LogP contribution is -2.40. The van der Waals surface area contributed by atoms with Crippen LogP contribution in [-0.2, 0) is 6.18 Å². The van der Waals surface area contributed by atoms with Crippen molar-refractivity contribution in [2.75, 3.05) is 7.05 Å². The molecular weight excluding hydrogens is 412 g/mol. The van der Waals surface area contributed by atoms with E-state index in [1.54, 1.807) is 6.07 Å². The van der Waals surface area contributed by atoms with Gasteiger partial charge in [-0.05, 0) is 44.9 Å². The minimum Gasteiger partial charge on any atom is -0.389 e.